The molecular formula is C8H15N3O8P2. The Labute approximate surface area is 120 Å². The van der Waals surface area contributed by atoms with Crippen LogP contribution in [-0.4, -0.2) is 48.4 Å². The summed E-state index contributed by atoms with van der Waals surface area (Å²) in [6.07, 6.45) is -0.385. The van der Waals surface area contributed by atoms with Gasteiger partial charge < -0.3 is 30.3 Å². The average Bonchev–Trinajstić information content (AvgIpc) is 2.36. The molecule has 6 N–H and O–H groups in total. The van der Waals surface area contributed by atoms with Gasteiger partial charge in [-0.25, -0.2) is 9.36 Å². The SMILES string of the molecule is Nc1ccn(CC(CO)OCP(=O)(O)O)c(=O)n1.O=PO. The van der Waals surface area contributed by atoms with Crippen LogP contribution in [0.25, 0.3) is 0 Å². The van der Waals surface area contributed by atoms with Crippen LogP contribution in [0.4, 0.5) is 5.82 Å². The minimum Gasteiger partial charge on any atom is -0.394 e. The number of aliphatic hydroxyl groups is 1. The lowest BCUT2D eigenvalue weighted by molar-refractivity contribution is 0.0188. The van der Waals surface area contributed by atoms with Crippen molar-refractivity contribution in [3.63, 3.8) is 0 Å². The Morgan fingerprint density at radius 2 is 2.10 bits per heavy atom. The summed E-state index contributed by atoms with van der Waals surface area (Å²) in [5.74, 6) is 0.0629. The Morgan fingerprint density at radius 1 is 1.52 bits per heavy atom. The lowest BCUT2D eigenvalue weighted by Gasteiger charge is -2.16. The first-order chi connectivity index (χ1) is 9.73. The summed E-state index contributed by atoms with van der Waals surface area (Å²) in [6, 6.07) is 1.39. The zero-order chi connectivity index (χ0) is 16.5. The normalized spacial score (nSPS) is 12.6. The van der Waals surface area contributed by atoms with E-state index < -0.39 is 41.0 Å². The van der Waals surface area contributed by atoms with Crippen LogP contribution in [0.3, 0.4) is 0 Å². The van der Waals surface area contributed by atoms with E-state index in [1.807, 2.05) is 0 Å². The van der Waals surface area contributed by atoms with Crippen molar-refractivity contribution in [2.75, 3.05) is 18.7 Å². The van der Waals surface area contributed by atoms with Crippen LogP contribution < -0.4 is 11.4 Å². The molecule has 0 spiro atoms. The molecule has 0 saturated carbocycles. The number of ether oxygens (including phenoxy) is 1. The summed E-state index contributed by atoms with van der Waals surface area (Å²) in [5.41, 5.74) is 4.67. The van der Waals surface area contributed by atoms with Crippen molar-refractivity contribution in [2.45, 2.75) is 12.6 Å². The van der Waals surface area contributed by atoms with E-state index in [-0.39, 0.29) is 12.4 Å². The number of nitrogens with zero attached hydrogens (tertiary/aromatic N) is 2. The number of rotatable bonds is 6. The van der Waals surface area contributed by atoms with Crippen molar-refractivity contribution in [1.82, 2.24) is 9.55 Å². The lowest BCUT2D eigenvalue weighted by atomic mass is 10.3. The summed E-state index contributed by atoms with van der Waals surface area (Å²) in [6.45, 7) is -0.570. The Kier molecular flexibility index (Phi) is 9.14. The first kappa shape index (κ1) is 19.8. The molecule has 0 saturated heterocycles. The molecule has 11 nitrogen and oxygen atoms in total. The fourth-order valence-electron chi connectivity index (χ4n) is 1.17. The number of nitrogens with two attached hydrogens (primary N) is 1. The number of hydrogen-bond donors (Lipinski definition) is 5. The maximum Gasteiger partial charge on any atom is 0.350 e. The molecule has 0 bridgehead atoms. The summed E-state index contributed by atoms with van der Waals surface area (Å²) in [7, 11) is -5.15. The number of nitrogen functional groups attached to an aromatic ring is 1. The molecule has 1 aromatic rings. The van der Waals surface area contributed by atoms with Gasteiger partial charge in [-0.2, -0.15) is 4.98 Å². The van der Waals surface area contributed by atoms with Crippen molar-refractivity contribution >= 4 is 22.1 Å². The molecule has 0 aliphatic rings. The number of aliphatic hydroxyl groups excluding tert-OH is 1. The fraction of sp³-hybridized carbons (Fsp3) is 0.500. The summed E-state index contributed by atoms with van der Waals surface area (Å²) in [5, 5.41) is 8.99. The molecule has 0 aromatic carbocycles. The van der Waals surface area contributed by atoms with E-state index in [0.717, 1.165) is 4.57 Å². The van der Waals surface area contributed by atoms with Gasteiger partial charge in [-0.1, -0.05) is 0 Å². The minimum atomic E-state index is -4.31. The van der Waals surface area contributed by atoms with E-state index in [0.29, 0.717) is 0 Å². The Hall–Kier alpha value is -1.19. The molecule has 1 atom stereocenters. The van der Waals surface area contributed by atoms with Crippen LogP contribution in [0, 0.1) is 0 Å². The van der Waals surface area contributed by atoms with Crippen LogP contribution in [-0.2, 0) is 20.4 Å². The van der Waals surface area contributed by atoms with Crippen molar-refractivity contribution in [2.24, 2.45) is 0 Å². The van der Waals surface area contributed by atoms with E-state index in [4.69, 9.17) is 34.8 Å². The van der Waals surface area contributed by atoms with Gasteiger partial charge in [-0.05, 0) is 6.07 Å². The van der Waals surface area contributed by atoms with Crippen molar-refractivity contribution in [1.29, 1.82) is 0 Å². The zero-order valence-corrected chi connectivity index (χ0v) is 12.4. The fourth-order valence-corrected chi connectivity index (χ4v) is 1.57. The first-order valence-electron chi connectivity index (χ1n) is 5.30. The summed E-state index contributed by atoms with van der Waals surface area (Å²) in [4.78, 5) is 39.1. The average molecular weight is 343 g/mol. The van der Waals surface area contributed by atoms with Gasteiger partial charge in [0.15, 0.2) is 0 Å². The molecule has 0 aliphatic carbocycles. The molecule has 0 radical (unpaired) electrons. The van der Waals surface area contributed by atoms with Gasteiger partial charge in [0.2, 0.25) is 0 Å². The third-order valence-electron chi connectivity index (χ3n) is 1.98. The van der Waals surface area contributed by atoms with Gasteiger partial charge in [0.1, 0.15) is 12.2 Å². The maximum atomic E-state index is 11.4. The number of hydrogen-bond acceptors (Lipinski definition) is 7. The van der Waals surface area contributed by atoms with E-state index >= 15 is 0 Å². The largest absolute Gasteiger partial charge is 0.394 e. The third kappa shape index (κ3) is 9.38. The molecule has 21 heavy (non-hydrogen) atoms. The van der Waals surface area contributed by atoms with E-state index in [9.17, 15) is 9.36 Å². The number of anilines is 1. The Morgan fingerprint density at radius 3 is 2.52 bits per heavy atom. The van der Waals surface area contributed by atoms with Gasteiger partial charge >= 0.3 is 22.0 Å². The van der Waals surface area contributed by atoms with Crippen LogP contribution in [0.2, 0.25) is 0 Å². The molecule has 1 heterocycles. The van der Waals surface area contributed by atoms with Gasteiger partial charge in [0.25, 0.3) is 0 Å². The molecule has 1 unspecified atom stereocenters. The lowest BCUT2D eigenvalue weighted by Crippen LogP contribution is -2.32. The zero-order valence-electron chi connectivity index (χ0n) is 10.6. The summed E-state index contributed by atoms with van der Waals surface area (Å²) < 4.78 is 25.0. The first-order valence-corrected chi connectivity index (χ1v) is 7.86. The number of aromatic nitrogens is 2. The second-order valence-electron chi connectivity index (χ2n) is 3.63. The second kappa shape index (κ2) is 9.69. The molecule has 0 aliphatic heterocycles. The van der Waals surface area contributed by atoms with Crippen LogP contribution in [0.15, 0.2) is 17.1 Å². The Balaban J connectivity index is 0.00000122. The van der Waals surface area contributed by atoms with E-state index in [2.05, 4.69) is 4.98 Å². The standard InChI is InChI=1S/C8H14N3O6P.HO2P/c9-7-1-2-11(8(13)10-7)3-6(4-12)17-5-18(14,15)16;1-3-2/h1-2,6,12H,3-5H2,(H2,9,10,13)(H2,14,15,16);(H,1,2). The van der Waals surface area contributed by atoms with Crippen LogP contribution in [0.5, 0.6) is 0 Å². The van der Waals surface area contributed by atoms with Crippen molar-refractivity contribution < 1.29 is 33.7 Å². The molecule has 0 fully saturated rings. The van der Waals surface area contributed by atoms with Crippen LogP contribution >= 0.6 is 16.3 Å². The quantitative estimate of drug-likeness (QED) is 0.381. The molecule has 13 heteroatoms. The monoisotopic (exact) mass is 343 g/mol. The highest BCUT2D eigenvalue weighted by Gasteiger charge is 2.18. The highest BCUT2D eigenvalue weighted by Crippen LogP contribution is 2.34. The third-order valence-corrected chi connectivity index (χ3v) is 2.46. The molecule has 1 aromatic heterocycles. The second-order valence-corrected chi connectivity index (χ2v) is 5.38. The van der Waals surface area contributed by atoms with Gasteiger partial charge in [-0.15, -0.1) is 0 Å². The van der Waals surface area contributed by atoms with Crippen molar-refractivity contribution in [3.05, 3.63) is 22.7 Å². The van der Waals surface area contributed by atoms with Crippen molar-refractivity contribution in [3.8, 4) is 0 Å². The van der Waals surface area contributed by atoms with Gasteiger partial charge in [0, 0.05) is 6.20 Å². The Bertz CT molecular complexity index is 545. The maximum absolute atomic E-state index is 11.4. The highest BCUT2D eigenvalue weighted by molar-refractivity contribution is 7.51. The minimum absolute atomic E-state index is 0.0629. The smallest absolute Gasteiger partial charge is 0.350 e. The van der Waals surface area contributed by atoms with Crippen LogP contribution in [0.1, 0.15) is 0 Å². The topological polar surface area (TPSA) is 185 Å². The van der Waals surface area contributed by atoms with E-state index in [1.165, 1.54) is 12.3 Å². The molecular weight excluding hydrogens is 328 g/mol. The predicted molar refractivity (Wildman–Crippen MR) is 71.6 cm³/mol. The molecule has 120 valence electrons. The highest BCUT2D eigenvalue weighted by atomic mass is 31.2. The van der Waals surface area contributed by atoms with Gasteiger partial charge in [-0.3, -0.25) is 9.13 Å². The molecule has 1 rings (SSSR count). The predicted octanol–water partition coefficient (Wildman–Crippen LogP) is -1.48. The molecule has 0 amide bonds. The van der Waals surface area contributed by atoms with Gasteiger partial charge in [0.05, 0.1) is 19.3 Å². The summed E-state index contributed by atoms with van der Waals surface area (Å²) >= 11 is 0. The van der Waals surface area contributed by atoms with E-state index in [1.54, 1.807) is 0 Å².